The van der Waals surface area contributed by atoms with Crippen LogP contribution in [0.5, 0.6) is 0 Å². The molecule has 0 unspecified atom stereocenters. The van der Waals surface area contributed by atoms with Gasteiger partial charge in [-0.15, -0.1) is 0 Å². The summed E-state index contributed by atoms with van der Waals surface area (Å²) in [4.78, 5) is 10.8. The molecule has 0 bridgehead atoms. The number of rotatable bonds is 8. The van der Waals surface area contributed by atoms with E-state index in [4.69, 9.17) is 10.4 Å². The van der Waals surface area contributed by atoms with Gasteiger partial charge in [0, 0.05) is 13.0 Å². The van der Waals surface area contributed by atoms with Gasteiger partial charge in [0.1, 0.15) is 0 Å². The number of carbonyl (C=O) groups is 1. The Labute approximate surface area is 126 Å². The summed E-state index contributed by atoms with van der Waals surface area (Å²) in [6.07, 6.45) is 1.94. The topological polar surface area (TPSA) is 85.2 Å². The van der Waals surface area contributed by atoms with E-state index in [1.165, 1.54) is 5.56 Å². The van der Waals surface area contributed by atoms with Crippen LogP contribution in [0.2, 0.25) is 0 Å². The van der Waals surface area contributed by atoms with Gasteiger partial charge in [-0.2, -0.15) is 5.26 Å². The highest BCUT2D eigenvalue weighted by Gasteiger charge is 2.22. The molecule has 21 heavy (non-hydrogen) atoms. The number of benzene rings is 1. The minimum Gasteiger partial charge on any atom is -0.465 e. The number of hydrogen-bond donors (Lipinski definition) is 3. The second-order valence-electron chi connectivity index (χ2n) is 5.30. The largest absolute Gasteiger partial charge is 0.465 e. The Morgan fingerprint density at radius 1 is 1.43 bits per heavy atom. The van der Waals surface area contributed by atoms with Crippen molar-refractivity contribution in [1.29, 1.82) is 5.26 Å². The van der Waals surface area contributed by atoms with Crippen LogP contribution in [0, 0.1) is 11.3 Å². The van der Waals surface area contributed by atoms with Crippen LogP contribution in [0.1, 0.15) is 44.2 Å². The summed E-state index contributed by atoms with van der Waals surface area (Å²) in [5.41, 5.74) is 1.67. The number of amides is 1. The van der Waals surface area contributed by atoms with E-state index in [1.807, 2.05) is 26.0 Å². The molecule has 0 spiro atoms. The third-order valence-corrected chi connectivity index (χ3v) is 3.52. The standard InChI is InChI=1S/C16H23N3O2/c1-3-16(2,19-15(20)21)18-12-14-9-6-8-13(11-14)7-4-5-10-17/h6,8-9,11,18-19H,3-5,7,12H2,1-2H3,(H,20,21)/t16-/m1/s1. The molecule has 5 heteroatoms. The average molecular weight is 289 g/mol. The van der Waals surface area contributed by atoms with Crippen LogP contribution in [0.25, 0.3) is 0 Å². The molecule has 0 saturated heterocycles. The molecule has 0 radical (unpaired) electrons. The van der Waals surface area contributed by atoms with Crippen molar-refractivity contribution in [3.05, 3.63) is 35.4 Å². The first-order valence-electron chi connectivity index (χ1n) is 7.20. The fourth-order valence-electron chi connectivity index (χ4n) is 2.06. The maximum Gasteiger partial charge on any atom is 0.406 e. The molecule has 0 heterocycles. The van der Waals surface area contributed by atoms with Crippen LogP contribution in [-0.4, -0.2) is 16.9 Å². The van der Waals surface area contributed by atoms with E-state index in [9.17, 15) is 4.79 Å². The first kappa shape index (κ1) is 17.0. The third kappa shape index (κ3) is 6.28. The molecule has 1 aromatic carbocycles. The number of carboxylic acid groups (broad SMARTS) is 1. The number of unbranched alkanes of at least 4 members (excludes halogenated alkanes) is 1. The Balaban J connectivity index is 2.60. The molecule has 114 valence electrons. The van der Waals surface area contributed by atoms with Crippen molar-refractivity contribution in [2.75, 3.05) is 0 Å². The number of hydrogen-bond acceptors (Lipinski definition) is 3. The van der Waals surface area contributed by atoms with E-state index in [1.54, 1.807) is 0 Å². The lowest BCUT2D eigenvalue weighted by Crippen LogP contribution is -2.55. The molecule has 1 rings (SSSR count). The summed E-state index contributed by atoms with van der Waals surface area (Å²) >= 11 is 0. The summed E-state index contributed by atoms with van der Waals surface area (Å²) in [6.45, 7) is 4.36. The lowest BCUT2D eigenvalue weighted by atomic mass is 10.0. The van der Waals surface area contributed by atoms with Crippen LogP contribution in [0.15, 0.2) is 24.3 Å². The van der Waals surface area contributed by atoms with Crippen molar-refractivity contribution >= 4 is 6.09 Å². The molecule has 1 amide bonds. The molecule has 0 aromatic heterocycles. The minimum atomic E-state index is -1.03. The Bertz CT molecular complexity index is 510. The molecule has 1 aromatic rings. The third-order valence-electron chi connectivity index (χ3n) is 3.52. The Morgan fingerprint density at radius 3 is 2.76 bits per heavy atom. The highest BCUT2D eigenvalue weighted by atomic mass is 16.4. The lowest BCUT2D eigenvalue weighted by Gasteiger charge is -2.29. The zero-order valence-corrected chi connectivity index (χ0v) is 12.6. The predicted molar refractivity (Wildman–Crippen MR) is 81.7 cm³/mol. The van der Waals surface area contributed by atoms with Crippen LogP contribution in [0.4, 0.5) is 4.79 Å². The second kappa shape index (κ2) is 8.28. The molecule has 0 saturated carbocycles. The van der Waals surface area contributed by atoms with Gasteiger partial charge in [-0.25, -0.2) is 4.79 Å². The van der Waals surface area contributed by atoms with Gasteiger partial charge >= 0.3 is 6.09 Å². The normalized spacial score (nSPS) is 13.2. The zero-order chi connectivity index (χ0) is 15.7. The van der Waals surface area contributed by atoms with Crippen molar-refractivity contribution in [1.82, 2.24) is 10.6 Å². The van der Waals surface area contributed by atoms with Crippen LogP contribution >= 0.6 is 0 Å². The Morgan fingerprint density at radius 2 is 2.14 bits per heavy atom. The zero-order valence-electron chi connectivity index (χ0n) is 12.6. The molecule has 0 aliphatic heterocycles. The van der Waals surface area contributed by atoms with E-state index >= 15 is 0 Å². The molecule has 5 nitrogen and oxygen atoms in total. The van der Waals surface area contributed by atoms with Crippen molar-refractivity contribution in [2.45, 2.75) is 51.7 Å². The number of nitrogens with zero attached hydrogens (tertiary/aromatic N) is 1. The van der Waals surface area contributed by atoms with Gasteiger partial charge in [0.25, 0.3) is 0 Å². The van der Waals surface area contributed by atoms with Crippen LogP contribution in [0.3, 0.4) is 0 Å². The second-order valence-corrected chi connectivity index (χ2v) is 5.30. The smallest absolute Gasteiger partial charge is 0.406 e. The maximum absolute atomic E-state index is 10.8. The molecule has 3 N–H and O–H groups in total. The fourth-order valence-corrected chi connectivity index (χ4v) is 2.06. The van der Waals surface area contributed by atoms with E-state index in [0.717, 1.165) is 18.4 Å². The van der Waals surface area contributed by atoms with Gasteiger partial charge in [0.2, 0.25) is 0 Å². The maximum atomic E-state index is 10.8. The minimum absolute atomic E-state index is 0.568. The predicted octanol–water partition coefficient (Wildman–Crippen LogP) is 3.02. The van der Waals surface area contributed by atoms with Crippen molar-refractivity contribution in [2.24, 2.45) is 0 Å². The number of aryl methyl sites for hydroxylation is 1. The summed E-state index contributed by atoms with van der Waals surface area (Å²) in [7, 11) is 0. The Hall–Kier alpha value is -2.06. The van der Waals surface area contributed by atoms with Crippen molar-refractivity contribution in [3.8, 4) is 6.07 Å². The SMILES string of the molecule is CC[C@](C)(NCc1cccc(CCCC#N)c1)NC(=O)O. The fraction of sp³-hybridized carbons (Fsp3) is 0.500. The summed E-state index contributed by atoms with van der Waals surface area (Å²) < 4.78 is 0. The monoisotopic (exact) mass is 289 g/mol. The summed E-state index contributed by atoms with van der Waals surface area (Å²) in [6, 6.07) is 10.3. The molecule has 1 atom stereocenters. The van der Waals surface area contributed by atoms with Crippen LogP contribution < -0.4 is 10.6 Å². The molecule has 0 aliphatic carbocycles. The van der Waals surface area contributed by atoms with E-state index in [-0.39, 0.29) is 0 Å². The van der Waals surface area contributed by atoms with Gasteiger partial charge in [-0.3, -0.25) is 5.32 Å². The molecular weight excluding hydrogens is 266 g/mol. The first-order valence-corrected chi connectivity index (χ1v) is 7.20. The lowest BCUT2D eigenvalue weighted by molar-refractivity contribution is 0.169. The molecular formula is C16H23N3O2. The van der Waals surface area contributed by atoms with E-state index in [2.05, 4.69) is 28.8 Å². The molecule has 0 aliphatic rings. The highest BCUT2D eigenvalue weighted by molar-refractivity contribution is 5.65. The van der Waals surface area contributed by atoms with Gasteiger partial charge in [-0.1, -0.05) is 31.2 Å². The van der Waals surface area contributed by atoms with Crippen molar-refractivity contribution in [3.63, 3.8) is 0 Å². The average Bonchev–Trinajstić information content (AvgIpc) is 2.45. The van der Waals surface area contributed by atoms with Crippen LogP contribution in [-0.2, 0) is 13.0 Å². The first-order chi connectivity index (χ1) is 9.99. The number of nitrogens with one attached hydrogen (secondary N) is 2. The van der Waals surface area contributed by atoms with Gasteiger partial charge in [0.15, 0.2) is 0 Å². The van der Waals surface area contributed by atoms with Gasteiger partial charge in [-0.05, 0) is 37.3 Å². The van der Waals surface area contributed by atoms with Gasteiger partial charge in [0.05, 0.1) is 11.7 Å². The Kier molecular flexibility index (Phi) is 6.70. The summed E-state index contributed by atoms with van der Waals surface area (Å²) in [5.74, 6) is 0. The molecule has 0 fully saturated rings. The van der Waals surface area contributed by atoms with E-state index < -0.39 is 11.8 Å². The quantitative estimate of drug-likeness (QED) is 0.507. The number of nitriles is 1. The van der Waals surface area contributed by atoms with Gasteiger partial charge < -0.3 is 10.4 Å². The highest BCUT2D eigenvalue weighted by Crippen LogP contribution is 2.11. The summed E-state index contributed by atoms with van der Waals surface area (Å²) in [5, 5.41) is 23.2. The van der Waals surface area contributed by atoms with E-state index in [0.29, 0.717) is 19.4 Å². The van der Waals surface area contributed by atoms with Crippen molar-refractivity contribution < 1.29 is 9.90 Å².